The van der Waals surface area contributed by atoms with Gasteiger partial charge in [0.1, 0.15) is 11.4 Å². The molecular weight excluding hydrogens is 292 g/mol. The van der Waals surface area contributed by atoms with Crippen LogP contribution in [-0.4, -0.2) is 12.1 Å². The maximum Gasteiger partial charge on any atom is 0.142 e. The zero-order valence-electron chi connectivity index (χ0n) is 10.4. The second-order valence-electron chi connectivity index (χ2n) is 4.05. The van der Waals surface area contributed by atoms with Gasteiger partial charge in [0.15, 0.2) is 0 Å². The maximum absolute atomic E-state index is 6.29. The summed E-state index contributed by atoms with van der Waals surface area (Å²) in [5.41, 5.74) is 9.19. The van der Waals surface area contributed by atoms with Crippen LogP contribution in [0.15, 0.2) is 41.0 Å². The third-order valence-corrected chi connectivity index (χ3v) is 3.95. The highest BCUT2D eigenvalue weighted by molar-refractivity contribution is 9.10. The number of aryl methyl sites for hydroxylation is 1. The molecule has 0 saturated carbocycles. The van der Waals surface area contributed by atoms with Crippen molar-refractivity contribution in [3.8, 4) is 5.75 Å². The predicted molar refractivity (Wildman–Crippen MR) is 75.7 cm³/mol. The minimum atomic E-state index is -0.310. The first kappa shape index (κ1) is 13.1. The van der Waals surface area contributed by atoms with Gasteiger partial charge < -0.3 is 10.5 Å². The smallest absolute Gasteiger partial charge is 0.142 e. The van der Waals surface area contributed by atoms with Gasteiger partial charge in [-0.25, -0.2) is 0 Å². The number of nitrogens with zero attached hydrogens (tertiary/aromatic N) is 1. The Morgan fingerprint density at radius 2 is 2.06 bits per heavy atom. The Labute approximate surface area is 115 Å². The summed E-state index contributed by atoms with van der Waals surface area (Å²) >= 11 is 3.58. The molecule has 4 heteroatoms. The quantitative estimate of drug-likeness (QED) is 0.947. The molecule has 94 valence electrons. The molecule has 1 unspecified atom stereocenters. The summed E-state index contributed by atoms with van der Waals surface area (Å²) in [5.74, 6) is 0.707. The van der Waals surface area contributed by atoms with Gasteiger partial charge in [0.25, 0.3) is 0 Å². The van der Waals surface area contributed by atoms with Crippen LogP contribution in [0.3, 0.4) is 0 Å². The van der Waals surface area contributed by atoms with Crippen LogP contribution in [0.25, 0.3) is 0 Å². The third-order valence-electron chi connectivity index (χ3n) is 2.87. The van der Waals surface area contributed by atoms with Gasteiger partial charge in [-0.15, -0.1) is 0 Å². The van der Waals surface area contributed by atoms with Gasteiger partial charge in [-0.3, -0.25) is 4.98 Å². The summed E-state index contributed by atoms with van der Waals surface area (Å²) in [5, 5.41) is 0. The lowest BCUT2D eigenvalue weighted by molar-refractivity contribution is 0.404. The molecule has 0 fully saturated rings. The molecule has 0 aliphatic heterocycles. The Bertz CT molecular complexity index is 557. The van der Waals surface area contributed by atoms with E-state index in [2.05, 4.69) is 20.9 Å². The van der Waals surface area contributed by atoms with Crippen LogP contribution in [0.5, 0.6) is 5.75 Å². The fraction of sp³-hybridized carbons (Fsp3) is 0.214. The number of methoxy groups -OCH3 is 1. The van der Waals surface area contributed by atoms with E-state index in [1.54, 1.807) is 13.3 Å². The van der Waals surface area contributed by atoms with Crippen molar-refractivity contribution in [2.24, 2.45) is 5.73 Å². The van der Waals surface area contributed by atoms with Crippen LogP contribution in [0.4, 0.5) is 0 Å². The van der Waals surface area contributed by atoms with Gasteiger partial charge in [-0.05, 0) is 30.2 Å². The number of hydrogen-bond acceptors (Lipinski definition) is 3. The predicted octanol–water partition coefficient (Wildman–Crippen LogP) is 3.21. The van der Waals surface area contributed by atoms with E-state index in [-0.39, 0.29) is 6.04 Å². The number of benzene rings is 1. The fourth-order valence-electron chi connectivity index (χ4n) is 1.87. The van der Waals surface area contributed by atoms with Crippen molar-refractivity contribution >= 4 is 15.9 Å². The summed E-state index contributed by atoms with van der Waals surface area (Å²) in [4.78, 5) is 4.33. The van der Waals surface area contributed by atoms with Gasteiger partial charge in [-0.1, -0.05) is 34.1 Å². The zero-order valence-corrected chi connectivity index (χ0v) is 11.9. The first-order valence-electron chi connectivity index (χ1n) is 5.64. The zero-order chi connectivity index (χ0) is 13.1. The van der Waals surface area contributed by atoms with E-state index < -0.39 is 0 Å². The van der Waals surface area contributed by atoms with Crippen LogP contribution in [0.1, 0.15) is 22.9 Å². The second kappa shape index (κ2) is 5.50. The summed E-state index contributed by atoms with van der Waals surface area (Å²) in [6.07, 6.45) is 1.72. The van der Waals surface area contributed by atoms with Crippen molar-refractivity contribution in [2.45, 2.75) is 13.0 Å². The molecule has 0 saturated heterocycles. The highest BCUT2D eigenvalue weighted by Gasteiger charge is 2.18. The molecule has 2 aromatic rings. The lowest BCUT2D eigenvalue weighted by Crippen LogP contribution is -2.15. The Kier molecular flexibility index (Phi) is 3.99. The molecule has 18 heavy (non-hydrogen) atoms. The van der Waals surface area contributed by atoms with E-state index in [0.717, 1.165) is 21.3 Å². The first-order chi connectivity index (χ1) is 8.65. The molecule has 1 heterocycles. The summed E-state index contributed by atoms with van der Waals surface area (Å²) in [7, 11) is 1.62. The van der Waals surface area contributed by atoms with Crippen molar-refractivity contribution in [3.05, 3.63) is 57.8 Å². The molecule has 2 N–H and O–H groups in total. The molecule has 0 aliphatic rings. The Morgan fingerprint density at radius 1 is 1.28 bits per heavy atom. The summed E-state index contributed by atoms with van der Waals surface area (Å²) < 4.78 is 6.32. The molecular formula is C14H15BrN2O. The lowest BCUT2D eigenvalue weighted by Gasteiger charge is -2.17. The standard InChI is InChI=1S/C14H15BrN2O/c1-9-5-3-6-10(12(9)15)13(16)14-11(18-2)7-4-8-17-14/h3-8,13H,16H2,1-2H3. The number of ether oxygens (including phenoxy) is 1. The van der Waals surface area contributed by atoms with Crippen molar-refractivity contribution < 1.29 is 4.74 Å². The molecule has 1 atom stereocenters. The number of pyridine rings is 1. The summed E-state index contributed by atoms with van der Waals surface area (Å²) in [6.45, 7) is 2.04. The molecule has 3 nitrogen and oxygen atoms in total. The van der Waals surface area contributed by atoms with Crippen molar-refractivity contribution in [3.63, 3.8) is 0 Å². The second-order valence-corrected chi connectivity index (χ2v) is 4.84. The van der Waals surface area contributed by atoms with Crippen LogP contribution in [-0.2, 0) is 0 Å². The minimum absolute atomic E-state index is 0.310. The maximum atomic E-state index is 6.29. The SMILES string of the molecule is COc1cccnc1C(N)c1cccc(C)c1Br. The molecule has 0 amide bonds. The normalized spacial score (nSPS) is 12.2. The van der Waals surface area contributed by atoms with E-state index in [9.17, 15) is 0 Å². The first-order valence-corrected chi connectivity index (χ1v) is 6.44. The number of hydrogen-bond donors (Lipinski definition) is 1. The number of rotatable bonds is 3. The lowest BCUT2D eigenvalue weighted by atomic mass is 10.0. The van der Waals surface area contributed by atoms with Crippen molar-refractivity contribution in [1.29, 1.82) is 0 Å². The van der Waals surface area contributed by atoms with Gasteiger partial charge in [0.05, 0.1) is 13.2 Å². The van der Waals surface area contributed by atoms with Gasteiger partial charge >= 0.3 is 0 Å². The Morgan fingerprint density at radius 3 is 2.78 bits per heavy atom. The van der Waals surface area contributed by atoms with Gasteiger partial charge in [-0.2, -0.15) is 0 Å². The minimum Gasteiger partial charge on any atom is -0.495 e. The molecule has 0 spiro atoms. The fourth-order valence-corrected chi connectivity index (χ4v) is 2.38. The highest BCUT2D eigenvalue weighted by atomic mass is 79.9. The molecule has 2 rings (SSSR count). The Hall–Kier alpha value is -1.39. The number of halogens is 1. The van der Waals surface area contributed by atoms with E-state index in [1.165, 1.54) is 0 Å². The van der Waals surface area contributed by atoms with E-state index >= 15 is 0 Å². The molecule has 1 aromatic heterocycles. The average Bonchev–Trinajstić information content (AvgIpc) is 2.41. The topological polar surface area (TPSA) is 48.1 Å². The summed E-state index contributed by atoms with van der Waals surface area (Å²) in [6, 6.07) is 9.42. The van der Waals surface area contributed by atoms with Gasteiger partial charge in [0.2, 0.25) is 0 Å². The third kappa shape index (κ3) is 2.40. The van der Waals surface area contributed by atoms with E-state index in [4.69, 9.17) is 10.5 Å². The number of nitrogens with two attached hydrogens (primary N) is 1. The van der Waals surface area contributed by atoms with E-state index in [0.29, 0.717) is 5.75 Å². The molecule has 1 aromatic carbocycles. The van der Waals surface area contributed by atoms with Crippen LogP contribution >= 0.6 is 15.9 Å². The van der Waals surface area contributed by atoms with Crippen LogP contribution in [0, 0.1) is 6.92 Å². The Balaban J connectivity index is 2.48. The van der Waals surface area contributed by atoms with Gasteiger partial charge in [0, 0.05) is 10.7 Å². The van der Waals surface area contributed by atoms with Crippen molar-refractivity contribution in [2.75, 3.05) is 7.11 Å². The monoisotopic (exact) mass is 306 g/mol. The molecule has 0 aliphatic carbocycles. The largest absolute Gasteiger partial charge is 0.495 e. The molecule has 0 bridgehead atoms. The number of aromatic nitrogens is 1. The van der Waals surface area contributed by atoms with E-state index in [1.807, 2.05) is 37.3 Å². The van der Waals surface area contributed by atoms with Crippen LogP contribution < -0.4 is 10.5 Å². The van der Waals surface area contributed by atoms with Crippen molar-refractivity contribution in [1.82, 2.24) is 4.98 Å². The average molecular weight is 307 g/mol. The molecule has 0 radical (unpaired) electrons. The highest BCUT2D eigenvalue weighted by Crippen LogP contribution is 2.31. The van der Waals surface area contributed by atoms with Crippen LogP contribution in [0.2, 0.25) is 0 Å².